The van der Waals surface area contributed by atoms with E-state index in [9.17, 15) is 9.59 Å². The van der Waals surface area contributed by atoms with E-state index in [4.69, 9.17) is 0 Å². The van der Waals surface area contributed by atoms with Gasteiger partial charge in [-0.05, 0) is 18.6 Å². The predicted molar refractivity (Wildman–Crippen MR) is 100 cm³/mol. The second-order valence-electron chi connectivity index (χ2n) is 6.43. The predicted octanol–water partition coefficient (Wildman–Crippen LogP) is 1.28. The minimum Gasteiger partial charge on any atom is -0.344 e. The van der Waals surface area contributed by atoms with Gasteiger partial charge in [0, 0.05) is 25.3 Å². The van der Waals surface area contributed by atoms with Crippen LogP contribution in [0.4, 0.5) is 5.69 Å². The molecule has 0 aromatic heterocycles. The molecule has 0 heterocycles. The maximum atomic E-state index is 12.6. The van der Waals surface area contributed by atoms with Gasteiger partial charge in [0.15, 0.2) is 12.6 Å². The zero-order chi connectivity index (χ0) is 18.4. The summed E-state index contributed by atoms with van der Waals surface area (Å²) in [6.45, 7) is 2.11. The van der Waals surface area contributed by atoms with Crippen molar-refractivity contribution < 1.29 is 14.5 Å². The molecule has 2 atom stereocenters. The van der Waals surface area contributed by atoms with Gasteiger partial charge in [-0.1, -0.05) is 48.5 Å². The van der Waals surface area contributed by atoms with Crippen molar-refractivity contribution in [2.45, 2.75) is 13.0 Å². The van der Waals surface area contributed by atoms with Crippen molar-refractivity contribution in [2.75, 3.05) is 33.0 Å². The van der Waals surface area contributed by atoms with Crippen molar-refractivity contribution in [3.05, 3.63) is 54.6 Å². The van der Waals surface area contributed by atoms with Crippen LogP contribution in [-0.2, 0) is 9.59 Å². The lowest BCUT2D eigenvalue weighted by atomic mass is 10.0. The molecular formula is C20H26N3O2+. The van der Waals surface area contributed by atoms with Gasteiger partial charge in [-0.25, -0.2) is 0 Å². The third kappa shape index (κ3) is 4.90. The summed E-state index contributed by atoms with van der Waals surface area (Å²) in [5.41, 5.74) is 2.80. The molecule has 2 N–H and O–H groups in total. The van der Waals surface area contributed by atoms with Crippen molar-refractivity contribution in [2.24, 2.45) is 0 Å². The van der Waals surface area contributed by atoms with Crippen molar-refractivity contribution in [3.63, 3.8) is 0 Å². The summed E-state index contributed by atoms with van der Waals surface area (Å²) >= 11 is 0. The molecule has 5 heteroatoms. The molecule has 0 radical (unpaired) electrons. The number of nitrogens with zero attached hydrogens (tertiary/aromatic N) is 1. The van der Waals surface area contributed by atoms with Gasteiger partial charge in [-0.15, -0.1) is 0 Å². The van der Waals surface area contributed by atoms with Crippen LogP contribution in [0.5, 0.6) is 0 Å². The highest BCUT2D eigenvalue weighted by molar-refractivity contribution is 5.97. The first-order valence-electron chi connectivity index (χ1n) is 8.38. The van der Waals surface area contributed by atoms with E-state index in [-0.39, 0.29) is 24.4 Å². The molecule has 0 fully saturated rings. The maximum absolute atomic E-state index is 12.6. The Morgan fingerprint density at radius 3 is 2.28 bits per heavy atom. The normalized spacial score (nSPS) is 13.0. The molecule has 2 rings (SSSR count). The van der Waals surface area contributed by atoms with Gasteiger partial charge in [0.25, 0.3) is 11.8 Å². The van der Waals surface area contributed by atoms with E-state index in [1.807, 2.05) is 68.6 Å². The number of hydrogen-bond acceptors (Lipinski definition) is 2. The lowest BCUT2D eigenvalue weighted by Crippen LogP contribution is -3.15. The summed E-state index contributed by atoms with van der Waals surface area (Å²) in [5, 5.41) is 3.01. The number of carbonyl (C=O) groups excluding carboxylic acids is 2. The highest BCUT2D eigenvalue weighted by Gasteiger charge is 2.25. The fraction of sp³-hybridized carbons (Fsp3) is 0.300. The van der Waals surface area contributed by atoms with E-state index in [2.05, 4.69) is 5.32 Å². The van der Waals surface area contributed by atoms with Crippen LogP contribution in [0.3, 0.4) is 0 Å². The molecule has 0 aliphatic rings. The molecule has 0 saturated heterocycles. The lowest BCUT2D eigenvalue weighted by molar-refractivity contribution is -0.886. The Hall–Kier alpha value is -2.66. The quantitative estimate of drug-likeness (QED) is 0.832. The zero-order valence-electron chi connectivity index (χ0n) is 15.2. The summed E-state index contributed by atoms with van der Waals surface area (Å²) in [4.78, 5) is 26.9. The Morgan fingerprint density at radius 1 is 1.04 bits per heavy atom. The van der Waals surface area contributed by atoms with Crippen molar-refractivity contribution in [1.29, 1.82) is 0 Å². The first kappa shape index (κ1) is 18.7. The van der Waals surface area contributed by atoms with E-state index in [1.54, 1.807) is 19.0 Å². The summed E-state index contributed by atoms with van der Waals surface area (Å²) < 4.78 is 0. The van der Waals surface area contributed by atoms with Gasteiger partial charge < -0.3 is 15.1 Å². The minimum atomic E-state index is -0.340. The van der Waals surface area contributed by atoms with Crippen molar-refractivity contribution >= 4 is 17.5 Å². The van der Waals surface area contributed by atoms with Crippen LogP contribution in [0.25, 0.3) is 11.1 Å². The van der Waals surface area contributed by atoms with Crippen LogP contribution in [-0.4, -0.2) is 50.4 Å². The van der Waals surface area contributed by atoms with Crippen LogP contribution < -0.4 is 10.2 Å². The number of quaternary nitrogens is 1. The molecule has 25 heavy (non-hydrogen) atoms. The van der Waals surface area contributed by atoms with Crippen LogP contribution in [0, 0.1) is 0 Å². The highest BCUT2D eigenvalue weighted by atomic mass is 16.2. The molecule has 2 aromatic rings. The van der Waals surface area contributed by atoms with Crippen LogP contribution in [0.2, 0.25) is 0 Å². The molecular weight excluding hydrogens is 314 g/mol. The van der Waals surface area contributed by atoms with Gasteiger partial charge in [-0.2, -0.15) is 0 Å². The first-order valence-corrected chi connectivity index (χ1v) is 8.38. The summed E-state index contributed by atoms with van der Waals surface area (Å²) in [7, 11) is 5.29. The average molecular weight is 340 g/mol. The molecule has 0 spiro atoms. The van der Waals surface area contributed by atoms with Crippen molar-refractivity contribution in [3.8, 4) is 11.1 Å². The van der Waals surface area contributed by atoms with Crippen molar-refractivity contribution in [1.82, 2.24) is 4.90 Å². The number of rotatable bonds is 6. The zero-order valence-corrected chi connectivity index (χ0v) is 15.2. The number of likely N-dealkylation sites (N-methyl/N-ethyl adjacent to an activating group) is 2. The number of hydrogen-bond donors (Lipinski definition) is 2. The number of para-hydroxylation sites is 1. The number of nitrogens with one attached hydrogen (secondary N) is 2. The standard InChI is InChI=1S/C20H25N3O2/c1-15(23(4)14-19(24)22(2)3)20(25)21-18-13-9-8-12-17(18)16-10-6-5-7-11-16/h5-13,15H,14H2,1-4H3,(H,21,25)/p+1/t15-/m0/s1. The molecule has 1 unspecified atom stereocenters. The highest BCUT2D eigenvalue weighted by Crippen LogP contribution is 2.27. The molecule has 2 amide bonds. The third-order valence-corrected chi connectivity index (χ3v) is 4.33. The Kier molecular flexibility index (Phi) is 6.31. The SMILES string of the molecule is C[C@@H](C(=O)Nc1ccccc1-c1ccccc1)[NH+](C)CC(=O)N(C)C. The number of amides is 2. The summed E-state index contributed by atoms with van der Waals surface area (Å²) in [5.74, 6) is -0.103. The second-order valence-corrected chi connectivity index (χ2v) is 6.43. The Balaban J connectivity index is 2.12. The van der Waals surface area contributed by atoms with E-state index >= 15 is 0 Å². The van der Waals surface area contributed by atoms with Crippen LogP contribution in [0.1, 0.15) is 6.92 Å². The van der Waals surface area contributed by atoms with E-state index in [1.165, 1.54) is 0 Å². The Labute approximate surface area is 149 Å². The molecule has 132 valence electrons. The second kappa shape index (κ2) is 8.44. The molecule has 0 bridgehead atoms. The molecule has 5 nitrogen and oxygen atoms in total. The van der Waals surface area contributed by atoms with Gasteiger partial charge in [0.2, 0.25) is 0 Å². The fourth-order valence-electron chi connectivity index (χ4n) is 2.48. The van der Waals surface area contributed by atoms with E-state index in [0.29, 0.717) is 0 Å². The minimum absolute atomic E-state index is 0.00170. The van der Waals surface area contributed by atoms with Crippen LogP contribution in [0.15, 0.2) is 54.6 Å². The topological polar surface area (TPSA) is 53.9 Å². The maximum Gasteiger partial charge on any atom is 0.282 e. The summed E-state index contributed by atoms with van der Waals surface area (Å²) in [6.07, 6.45) is 0. The number of benzene rings is 2. The van der Waals surface area contributed by atoms with E-state index < -0.39 is 0 Å². The van der Waals surface area contributed by atoms with Crippen LogP contribution >= 0.6 is 0 Å². The molecule has 0 aliphatic carbocycles. The average Bonchev–Trinajstić information content (AvgIpc) is 2.62. The number of anilines is 1. The summed E-state index contributed by atoms with van der Waals surface area (Å²) in [6, 6.07) is 17.3. The van der Waals surface area contributed by atoms with Gasteiger partial charge >= 0.3 is 0 Å². The first-order chi connectivity index (χ1) is 11.9. The Morgan fingerprint density at radius 2 is 1.64 bits per heavy atom. The Bertz CT molecular complexity index is 729. The molecule has 0 saturated carbocycles. The lowest BCUT2D eigenvalue weighted by Gasteiger charge is -2.22. The smallest absolute Gasteiger partial charge is 0.282 e. The fourth-order valence-corrected chi connectivity index (χ4v) is 2.48. The molecule has 2 aromatic carbocycles. The van der Waals surface area contributed by atoms with E-state index in [0.717, 1.165) is 21.7 Å². The largest absolute Gasteiger partial charge is 0.344 e. The molecule has 0 aliphatic heterocycles. The van der Waals surface area contributed by atoms with Gasteiger partial charge in [0.05, 0.1) is 7.05 Å². The van der Waals surface area contributed by atoms with Gasteiger partial charge in [-0.3, -0.25) is 9.59 Å². The number of carbonyl (C=O) groups is 2. The van der Waals surface area contributed by atoms with Gasteiger partial charge in [0.1, 0.15) is 0 Å². The third-order valence-electron chi connectivity index (χ3n) is 4.33. The monoisotopic (exact) mass is 340 g/mol.